The number of nitrogens with one attached hydrogen (secondary N) is 3. The minimum absolute atomic E-state index is 0. The van der Waals surface area contributed by atoms with Crippen LogP contribution < -0.4 is 21.7 Å². The minimum atomic E-state index is -0.549. The minimum Gasteiger partial charge on any atom is -0.444 e. The summed E-state index contributed by atoms with van der Waals surface area (Å²) in [5.74, 6) is 0.349. The van der Waals surface area contributed by atoms with E-state index in [0.717, 1.165) is 0 Å². The Hall–Kier alpha value is -3.12. The summed E-state index contributed by atoms with van der Waals surface area (Å²) in [6.07, 6.45) is 2.63. The first kappa shape index (κ1) is 26.9. The highest BCUT2D eigenvalue weighted by Gasteiger charge is 2.15. The van der Waals surface area contributed by atoms with Gasteiger partial charge in [0.2, 0.25) is 11.8 Å². The monoisotopic (exact) mass is 446 g/mol. The summed E-state index contributed by atoms with van der Waals surface area (Å²) in [4.78, 5) is 33.5. The van der Waals surface area contributed by atoms with Crippen LogP contribution in [0.2, 0.25) is 0 Å². The molecule has 2 heterocycles. The third kappa shape index (κ3) is 13.1. The lowest BCUT2D eigenvalue weighted by molar-refractivity contribution is -0.116. The van der Waals surface area contributed by atoms with E-state index in [4.69, 9.17) is 10.5 Å². The highest BCUT2D eigenvalue weighted by atomic mass is 35.5. The molecule has 3 amide bonds. The molecule has 0 aromatic carbocycles. The number of carbonyl (C=O) groups is 3. The number of hydrogen-bond acceptors (Lipinski definition) is 9. The Morgan fingerprint density at radius 1 is 1.00 bits per heavy atom. The van der Waals surface area contributed by atoms with Gasteiger partial charge in [0.1, 0.15) is 18.1 Å². The zero-order valence-corrected chi connectivity index (χ0v) is 17.8. The van der Waals surface area contributed by atoms with Crippen molar-refractivity contribution in [3.63, 3.8) is 0 Å². The zero-order chi connectivity index (χ0) is 21.7. The van der Waals surface area contributed by atoms with Gasteiger partial charge in [0.05, 0.1) is 0 Å². The Morgan fingerprint density at radius 2 is 1.50 bits per heavy atom. The number of ether oxygens (including phenoxy) is 1. The molecule has 0 radical (unpaired) electrons. The SMILES string of the molecule is CC(C)(C)OC(=O)NCCC(=O)Nc1ccon1.Cl.NCCC(=O)Nc1ccon1. The molecule has 2 rings (SSSR count). The van der Waals surface area contributed by atoms with Crippen LogP contribution in [0.15, 0.2) is 33.7 Å². The Balaban J connectivity index is 0.000000603. The van der Waals surface area contributed by atoms with Gasteiger partial charge in [0, 0.05) is 38.1 Å². The average Bonchev–Trinajstić information content (AvgIpc) is 3.28. The Kier molecular flexibility index (Phi) is 12.5. The van der Waals surface area contributed by atoms with Crippen molar-refractivity contribution in [1.82, 2.24) is 15.6 Å². The maximum Gasteiger partial charge on any atom is 0.407 e. The van der Waals surface area contributed by atoms with E-state index in [0.29, 0.717) is 24.6 Å². The van der Waals surface area contributed by atoms with Crippen molar-refractivity contribution >= 4 is 42.0 Å². The molecular weight excluding hydrogens is 420 g/mol. The first-order valence-corrected chi connectivity index (χ1v) is 8.77. The lowest BCUT2D eigenvalue weighted by atomic mass is 10.2. The molecule has 0 aliphatic heterocycles. The summed E-state index contributed by atoms with van der Waals surface area (Å²) < 4.78 is 14.1. The van der Waals surface area contributed by atoms with E-state index in [-0.39, 0.29) is 37.2 Å². The van der Waals surface area contributed by atoms with Crippen LogP contribution in [0.25, 0.3) is 0 Å². The fourth-order valence-electron chi connectivity index (χ4n) is 1.69. The molecule has 168 valence electrons. The predicted molar refractivity (Wildman–Crippen MR) is 110 cm³/mol. The third-order valence-electron chi connectivity index (χ3n) is 2.80. The Bertz CT molecular complexity index is 745. The molecule has 0 aliphatic carbocycles. The van der Waals surface area contributed by atoms with Crippen molar-refractivity contribution < 1.29 is 28.2 Å². The summed E-state index contributed by atoms with van der Waals surface area (Å²) >= 11 is 0. The van der Waals surface area contributed by atoms with Crippen LogP contribution in [-0.4, -0.2) is 46.9 Å². The van der Waals surface area contributed by atoms with E-state index in [2.05, 4.69) is 35.3 Å². The maximum absolute atomic E-state index is 11.4. The molecule has 0 unspecified atom stereocenters. The van der Waals surface area contributed by atoms with Crippen molar-refractivity contribution in [2.45, 2.75) is 39.2 Å². The van der Waals surface area contributed by atoms with Crippen molar-refractivity contribution in [1.29, 1.82) is 0 Å². The van der Waals surface area contributed by atoms with Gasteiger partial charge >= 0.3 is 6.09 Å². The molecule has 0 saturated carbocycles. The van der Waals surface area contributed by atoms with Gasteiger partial charge < -0.3 is 35.5 Å². The summed E-state index contributed by atoms with van der Waals surface area (Å²) in [6, 6.07) is 3.09. The fraction of sp³-hybridized carbons (Fsp3) is 0.471. The first-order chi connectivity index (χ1) is 13.7. The highest BCUT2D eigenvalue weighted by molar-refractivity contribution is 5.90. The second-order valence-electron chi connectivity index (χ2n) is 6.58. The van der Waals surface area contributed by atoms with Crippen molar-refractivity contribution in [3.05, 3.63) is 24.7 Å². The van der Waals surface area contributed by atoms with Crippen LogP contribution in [0, 0.1) is 0 Å². The lowest BCUT2D eigenvalue weighted by Gasteiger charge is -2.19. The van der Waals surface area contributed by atoms with Gasteiger partial charge in [0.25, 0.3) is 0 Å². The van der Waals surface area contributed by atoms with Gasteiger partial charge in [0.15, 0.2) is 11.6 Å². The number of nitrogens with two attached hydrogens (primary N) is 1. The molecule has 0 bridgehead atoms. The van der Waals surface area contributed by atoms with E-state index < -0.39 is 11.7 Å². The summed E-state index contributed by atoms with van der Waals surface area (Å²) in [7, 11) is 0. The molecule has 0 spiro atoms. The normalized spacial score (nSPS) is 10.0. The van der Waals surface area contributed by atoms with Crippen LogP contribution in [-0.2, 0) is 14.3 Å². The number of hydrogen-bond donors (Lipinski definition) is 4. The summed E-state index contributed by atoms with van der Waals surface area (Å²) in [5.41, 5.74) is 4.61. The van der Waals surface area contributed by atoms with Crippen LogP contribution in [0.4, 0.5) is 16.4 Å². The number of anilines is 2. The van der Waals surface area contributed by atoms with Crippen molar-refractivity contribution in [2.24, 2.45) is 5.73 Å². The standard InChI is InChI=1S/C11H17N3O4.C6H9N3O2.ClH/c1-11(2,3)18-10(16)12-6-4-9(15)13-8-5-7-17-14-8;7-3-1-6(10)8-5-2-4-11-9-5;/h5,7H,4,6H2,1-3H3,(H,12,16)(H,13,14,15);2,4H,1,3,7H2,(H,8,9,10);1H. The van der Waals surface area contributed by atoms with Crippen LogP contribution >= 0.6 is 12.4 Å². The second-order valence-corrected chi connectivity index (χ2v) is 6.58. The zero-order valence-electron chi connectivity index (χ0n) is 17.0. The summed E-state index contributed by atoms with van der Waals surface area (Å²) in [6.45, 7) is 5.83. The largest absolute Gasteiger partial charge is 0.444 e. The Labute approximate surface area is 179 Å². The molecule has 12 nitrogen and oxygen atoms in total. The number of carbonyl (C=O) groups excluding carboxylic acids is 3. The van der Waals surface area contributed by atoms with Crippen LogP contribution in [0.5, 0.6) is 0 Å². The number of aromatic nitrogens is 2. The summed E-state index contributed by atoms with van der Waals surface area (Å²) in [5, 5.41) is 14.5. The number of halogens is 1. The first-order valence-electron chi connectivity index (χ1n) is 8.77. The number of nitrogens with zero attached hydrogens (tertiary/aromatic N) is 2. The molecule has 0 fully saturated rings. The molecule has 2 aromatic rings. The van der Waals surface area contributed by atoms with Crippen molar-refractivity contribution in [3.8, 4) is 0 Å². The van der Waals surface area contributed by atoms with E-state index in [9.17, 15) is 14.4 Å². The van der Waals surface area contributed by atoms with Crippen LogP contribution in [0.3, 0.4) is 0 Å². The van der Waals surface area contributed by atoms with Gasteiger partial charge in [-0.1, -0.05) is 10.3 Å². The molecular formula is C17H27ClN6O6. The number of rotatable bonds is 7. The van der Waals surface area contributed by atoms with E-state index >= 15 is 0 Å². The molecule has 0 atom stereocenters. The van der Waals surface area contributed by atoms with Gasteiger partial charge in [-0.3, -0.25) is 9.59 Å². The maximum atomic E-state index is 11.4. The second kappa shape index (κ2) is 14.0. The topological polar surface area (TPSA) is 175 Å². The molecule has 0 saturated heterocycles. The quantitative estimate of drug-likeness (QED) is 0.494. The lowest BCUT2D eigenvalue weighted by Crippen LogP contribution is -2.34. The highest BCUT2D eigenvalue weighted by Crippen LogP contribution is 2.06. The molecule has 30 heavy (non-hydrogen) atoms. The van der Waals surface area contributed by atoms with E-state index in [1.807, 2.05) is 0 Å². The fourth-order valence-corrected chi connectivity index (χ4v) is 1.69. The average molecular weight is 447 g/mol. The molecule has 5 N–H and O–H groups in total. The van der Waals surface area contributed by atoms with E-state index in [1.165, 1.54) is 18.6 Å². The molecule has 2 aromatic heterocycles. The van der Waals surface area contributed by atoms with Gasteiger partial charge in [-0.15, -0.1) is 12.4 Å². The van der Waals surface area contributed by atoms with Gasteiger partial charge in [-0.05, 0) is 20.8 Å². The molecule has 0 aliphatic rings. The van der Waals surface area contributed by atoms with Crippen LogP contribution in [0.1, 0.15) is 33.6 Å². The van der Waals surface area contributed by atoms with Crippen molar-refractivity contribution in [2.75, 3.05) is 23.7 Å². The van der Waals surface area contributed by atoms with E-state index in [1.54, 1.807) is 26.8 Å². The molecule has 13 heteroatoms. The van der Waals surface area contributed by atoms with Gasteiger partial charge in [-0.2, -0.15) is 0 Å². The Morgan fingerprint density at radius 3 is 1.90 bits per heavy atom. The third-order valence-corrected chi connectivity index (χ3v) is 2.80. The predicted octanol–water partition coefficient (Wildman–Crippen LogP) is 1.91. The smallest absolute Gasteiger partial charge is 0.407 e. The van der Waals surface area contributed by atoms with Gasteiger partial charge in [-0.25, -0.2) is 4.79 Å². The number of alkyl carbamates (subject to hydrolysis) is 1. The number of amides is 3.